The van der Waals surface area contributed by atoms with E-state index in [1.54, 1.807) is 19.4 Å². The van der Waals surface area contributed by atoms with Crippen LogP contribution in [0.1, 0.15) is 18.1 Å². The Morgan fingerprint density at radius 2 is 2.33 bits per heavy atom. The predicted octanol–water partition coefficient (Wildman–Crippen LogP) is 2.71. The number of nitrogens with one attached hydrogen (secondary N) is 2. The average Bonchev–Trinajstić information content (AvgIpc) is 2.86. The number of fused-ring (bicyclic) bond motifs is 1. The van der Waals surface area contributed by atoms with E-state index in [0.29, 0.717) is 5.90 Å². The summed E-state index contributed by atoms with van der Waals surface area (Å²) < 4.78 is 5.01. The maximum atomic E-state index is 5.01. The number of anilines is 1. The van der Waals surface area contributed by atoms with E-state index in [0.717, 1.165) is 23.4 Å². The van der Waals surface area contributed by atoms with Crippen LogP contribution in [0.4, 0.5) is 5.69 Å². The van der Waals surface area contributed by atoms with Crippen LogP contribution < -0.4 is 10.9 Å². The van der Waals surface area contributed by atoms with Gasteiger partial charge < -0.3 is 10.2 Å². The molecular weight excluding hydrogens is 226 g/mol. The van der Waals surface area contributed by atoms with Gasteiger partial charge in [-0.1, -0.05) is 18.7 Å². The number of hydrogen-bond donors (Lipinski definition) is 2. The Morgan fingerprint density at radius 3 is 3.06 bits per heavy atom. The highest BCUT2D eigenvalue weighted by Gasteiger charge is 2.10. The van der Waals surface area contributed by atoms with Gasteiger partial charge in [0.2, 0.25) is 0 Å². The maximum absolute atomic E-state index is 5.01. The SMILES string of the molecule is C=C/C(=C\N=C(C)OC)c1ccc2c(c1)CNN2. The van der Waals surface area contributed by atoms with Crippen molar-refractivity contribution >= 4 is 17.2 Å². The van der Waals surface area contributed by atoms with Crippen molar-refractivity contribution in [3.63, 3.8) is 0 Å². The topological polar surface area (TPSA) is 45.6 Å². The summed E-state index contributed by atoms with van der Waals surface area (Å²) >= 11 is 0. The molecule has 2 N–H and O–H groups in total. The van der Waals surface area contributed by atoms with E-state index in [9.17, 15) is 0 Å². The third kappa shape index (κ3) is 2.60. The van der Waals surface area contributed by atoms with Gasteiger partial charge in [0.15, 0.2) is 5.90 Å². The van der Waals surface area contributed by atoms with E-state index >= 15 is 0 Å². The standard InChI is InChI=1S/C14H17N3O/c1-4-11(8-15-10(2)18-3)12-5-6-14-13(7-12)9-16-17-14/h4-8,16-17H,1,9H2,2-3H3/b11-8+,15-10?. The van der Waals surface area contributed by atoms with Crippen LogP contribution in [0.25, 0.3) is 5.57 Å². The van der Waals surface area contributed by atoms with Gasteiger partial charge in [-0.25, -0.2) is 10.4 Å². The second-order valence-electron chi connectivity index (χ2n) is 3.99. The number of hydrogen-bond acceptors (Lipinski definition) is 4. The van der Waals surface area contributed by atoms with Gasteiger partial charge in [0.05, 0.1) is 12.8 Å². The number of benzene rings is 1. The first-order chi connectivity index (χ1) is 8.74. The van der Waals surface area contributed by atoms with Crippen LogP contribution in [0.3, 0.4) is 0 Å². The molecule has 2 rings (SSSR count). The highest BCUT2D eigenvalue weighted by Crippen LogP contribution is 2.25. The molecule has 0 aliphatic carbocycles. The summed E-state index contributed by atoms with van der Waals surface area (Å²) in [5.74, 6) is 0.624. The summed E-state index contributed by atoms with van der Waals surface area (Å²) in [6.07, 6.45) is 3.56. The zero-order valence-electron chi connectivity index (χ0n) is 10.7. The number of aliphatic imine (C=N–C) groups is 1. The van der Waals surface area contributed by atoms with Crippen molar-refractivity contribution in [3.05, 3.63) is 48.2 Å². The minimum atomic E-state index is 0.624. The molecule has 4 heteroatoms. The van der Waals surface area contributed by atoms with Crippen molar-refractivity contribution < 1.29 is 4.74 Å². The lowest BCUT2D eigenvalue weighted by Crippen LogP contribution is -2.10. The highest BCUT2D eigenvalue weighted by molar-refractivity contribution is 5.79. The van der Waals surface area contributed by atoms with Gasteiger partial charge in [0.1, 0.15) is 0 Å². The van der Waals surface area contributed by atoms with Crippen LogP contribution in [0.5, 0.6) is 0 Å². The molecule has 1 aromatic carbocycles. The predicted molar refractivity (Wildman–Crippen MR) is 75.2 cm³/mol. The fraction of sp³-hybridized carbons (Fsp3) is 0.214. The van der Waals surface area contributed by atoms with Crippen molar-refractivity contribution in [1.82, 2.24) is 5.43 Å². The Kier molecular flexibility index (Phi) is 3.79. The monoisotopic (exact) mass is 243 g/mol. The Hall–Kier alpha value is -2.07. The molecule has 0 aromatic heterocycles. The highest BCUT2D eigenvalue weighted by atomic mass is 16.5. The summed E-state index contributed by atoms with van der Waals surface area (Å²) in [6.45, 7) is 6.47. The molecule has 0 amide bonds. The molecule has 94 valence electrons. The van der Waals surface area contributed by atoms with E-state index in [1.807, 2.05) is 13.0 Å². The molecule has 0 spiro atoms. The summed E-state index contributed by atoms with van der Waals surface area (Å²) in [5, 5.41) is 0. The zero-order chi connectivity index (χ0) is 13.0. The second kappa shape index (κ2) is 5.51. The number of methoxy groups -OCH3 is 1. The zero-order valence-corrected chi connectivity index (χ0v) is 10.7. The molecular formula is C14H17N3O. The Labute approximate surface area is 107 Å². The minimum Gasteiger partial charge on any atom is -0.484 e. The van der Waals surface area contributed by atoms with Crippen LogP contribution in [-0.4, -0.2) is 13.0 Å². The van der Waals surface area contributed by atoms with Gasteiger partial charge in [0.25, 0.3) is 0 Å². The van der Waals surface area contributed by atoms with E-state index < -0.39 is 0 Å². The second-order valence-corrected chi connectivity index (χ2v) is 3.99. The molecule has 1 aliphatic heterocycles. The van der Waals surface area contributed by atoms with Gasteiger partial charge in [-0.05, 0) is 28.8 Å². The largest absolute Gasteiger partial charge is 0.484 e. The Balaban J connectivity index is 2.31. The van der Waals surface area contributed by atoms with Gasteiger partial charge in [-0.2, -0.15) is 0 Å². The first-order valence-corrected chi connectivity index (χ1v) is 5.77. The number of rotatable bonds is 3. The van der Waals surface area contributed by atoms with Gasteiger partial charge in [-0.15, -0.1) is 0 Å². The lowest BCUT2D eigenvalue weighted by molar-refractivity contribution is 0.400. The van der Waals surface area contributed by atoms with Gasteiger partial charge >= 0.3 is 0 Å². The normalized spacial score (nSPS) is 15.0. The van der Waals surface area contributed by atoms with Crippen molar-refractivity contribution in [3.8, 4) is 0 Å². The first-order valence-electron chi connectivity index (χ1n) is 5.77. The fourth-order valence-electron chi connectivity index (χ4n) is 1.73. The van der Waals surface area contributed by atoms with Crippen LogP contribution >= 0.6 is 0 Å². The van der Waals surface area contributed by atoms with Crippen LogP contribution in [0.2, 0.25) is 0 Å². The average molecular weight is 243 g/mol. The third-order valence-corrected chi connectivity index (χ3v) is 2.84. The van der Waals surface area contributed by atoms with Gasteiger partial charge in [0, 0.05) is 19.7 Å². The number of nitrogens with zero attached hydrogens (tertiary/aromatic N) is 1. The maximum Gasteiger partial charge on any atom is 0.184 e. The van der Waals surface area contributed by atoms with E-state index in [-0.39, 0.29) is 0 Å². The van der Waals surface area contributed by atoms with Gasteiger partial charge in [-0.3, -0.25) is 0 Å². The molecule has 0 fully saturated rings. The van der Waals surface area contributed by atoms with Crippen molar-refractivity contribution in [2.45, 2.75) is 13.5 Å². The summed E-state index contributed by atoms with van der Waals surface area (Å²) in [6, 6.07) is 6.23. The molecule has 0 atom stereocenters. The number of hydrazine groups is 1. The lowest BCUT2D eigenvalue weighted by atomic mass is 10.0. The third-order valence-electron chi connectivity index (χ3n) is 2.84. The van der Waals surface area contributed by atoms with Crippen LogP contribution in [0, 0.1) is 0 Å². The van der Waals surface area contributed by atoms with E-state index in [1.165, 1.54) is 5.56 Å². The lowest BCUT2D eigenvalue weighted by Gasteiger charge is -2.04. The molecule has 1 aliphatic rings. The van der Waals surface area contributed by atoms with E-state index in [4.69, 9.17) is 4.74 Å². The van der Waals surface area contributed by atoms with Crippen molar-refractivity contribution in [1.29, 1.82) is 0 Å². The molecule has 0 saturated carbocycles. The molecule has 1 heterocycles. The fourth-order valence-corrected chi connectivity index (χ4v) is 1.73. The summed E-state index contributed by atoms with van der Waals surface area (Å²) in [4.78, 5) is 4.21. The molecule has 0 radical (unpaired) electrons. The summed E-state index contributed by atoms with van der Waals surface area (Å²) in [5.41, 5.74) is 10.6. The van der Waals surface area contributed by atoms with Crippen molar-refractivity contribution in [2.75, 3.05) is 12.5 Å². The molecule has 0 unspecified atom stereocenters. The molecule has 18 heavy (non-hydrogen) atoms. The smallest absolute Gasteiger partial charge is 0.184 e. The minimum absolute atomic E-state index is 0.624. The number of allylic oxidation sites excluding steroid dienone is 2. The Morgan fingerprint density at radius 1 is 1.50 bits per heavy atom. The first kappa shape index (κ1) is 12.4. The quantitative estimate of drug-likeness (QED) is 0.487. The molecule has 0 bridgehead atoms. The number of ether oxygens (including phenoxy) is 1. The van der Waals surface area contributed by atoms with E-state index in [2.05, 4.69) is 34.6 Å². The van der Waals surface area contributed by atoms with Crippen molar-refractivity contribution in [2.24, 2.45) is 4.99 Å². The molecule has 4 nitrogen and oxygen atoms in total. The summed E-state index contributed by atoms with van der Waals surface area (Å²) in [7, 11) is 1.60. The Bertz CT molecular complexity index is 518. The van der Waals surface area contributed by atoms with Crippen LogP contribution in [-0.2, 0) is 11.3 Å². The molecule has 1 aromatic rings. The van der Waals surface area contributed by atoms with Crippen LogP contribution in [0.15, 0.2) is 42.0 Å². The molecule has 0 saturated heterocycles.